The van der Waals surface area contributed by atoms with Crippen LogP contribution in [0.3, 0.4) is 0 Å². The number of benzene rings is 2. The second kappa shape index (κ2) is 5.84. The summed E-state index contributed by atoms with van der Waals surface area (Å²) < 4.78 is 1.84. The van der Waals surface area contributed by atoms with Crippen molar-refractivity contribution in [3.63, 3.8) is 0 Å². The molecule has 4 heteroatoms. The third kappa shape index (κ3) is 3.03. The lowest BCUT2D eigenvalue weighted by molar-refractivity contribution is 0.474. The first-order valence-corrected chi connectivity index (χ1v) is 7.30. The van der Waals surface area contributed by atoms with E-state index in [1.807, 2.05) is 29.1 Å². The maximum atomic E-state index is 9.43. The summed E-state index contributed by atoms with van der Waals surface area (Å²) in [6, 6.07) is 17.6. The van der Waals surface area contributed by atoms with Gasteiger partial charge in [0, 0.05) is 23.0 Å². The highest BCUT2D eigenvalue weighted by atomic mass is 32.2. The molecular weight excluding hydrogens is 268 g/mol. The van der Waals surface area contributed by atoms with Crippen LogP contribution in [0.1, 0.15) is 5.56 Å². The number of phenols is 1. The van der Waals surface area contributed by atoms with E-state index in [0.717, 1.165) is 16.3 Å². The Labute approximate surface area is 121 Å². The number of hydrogen-bond donors (Lipinski definition) is 1. The van der Waals surface area contributed by atoms with Crippen LogP contribution in [0.2, 0.25) is 0 Å². The SMILES string of the molecule is Oc1cccc(SCc2ccc(-n3cccn3)cc2)c1. The summed E-state index contributed by atoms with van der Waals surface area (Å²) in [4.78, 5) is 1.07. The van der Waals surface area contributed by atoms with Gasteiger partial charge in [-0.25, -0.2) is 4.68 Å². The van der Waals surface area contributed by atoms with Gasteiger partial charge < -0.3 is 5.11 Å². The molecule has 3 aromatic rings. The van der Waals surface area contributed by atoms with E-state index in [1.165, 1.54) is 5.56 Å². The molecule has 100 valence electrons. The highest BCUT2D eigenvalue weighted by Crippen LogP contribution is 2.25. The Morgan fingerprint density at radius 1 is 1.05 bits per heavy atom. The minimum Gasteiger partial charge on any atom is -0.508 e. The van der Waals surface area contributed by atoms with Crippen LogP contribution in [0, 0.1) is 0 Å². The summed E-state index contributed by atoms with van der Waals surface area (Å²) in [5.41, 5.74) is 2.30. The quantitative estimate of drug-likeness (QED) is 0.738. The molecule has 0 atom stereocenters. The van der Waals surface area contributed by atoms with E-state index in [0.29, 0.717) is 5.75 Å². The standard InChI is InChI=1S/C16H14N2OS/c19-15-3-1-4-16(11-15)20-12-13-5-7-14(8-6-13)18-10-2-9-17-18/h1-11,19H,12H2. The molecule has 0 amide bonds. The van der Waals surface area contributed by atoms with E-state index in [-0.39, 0.29) is 0 Å². The van der Waals surface area contributed by atoms with Gasteiger partial charge >= 0.3 is 0 Å². The molecule has 20 heavy (non-hydrogen) atoms. The Morgan fingerprint density at radius 3 is 2.60 bits per heavy atom. The lowest BCUT2D eigenvalue weighted by Gasteiger charge is -2.05. The topological polar surface area (TPSA) is 38.0 Å². The lowest BCUT2D eigenvalue weighted by atomic mass is 10.2. The molecule has 0 spiro atoms. The molecule has 3 rings (SSSR count). The summed E-state index contributed by atoms with van der Waals surface area (Å²) in [6.07, 6.45) is 3.70. The van der Waals surface area contributed by atoms with E-state index in [1.54, 1.807) is 30.1 Å². The molecule has 2 aromatic carbocycles. The van der Waals surface area contributed by atoms with Gasteiger partial charge in [-0.2, -0.15) is 5.10 Å². The van der Waals surface area contributed by atoms with Gasteiger partial charge in [0.15, 0.2) is 0 Å². The average Bonchev–Trinajstić information content (AvgIpc) is 3.00. The Balaban J connectivity index is 1.67. The van der Waals surface area contributed by atoms with E-state index in [4.69, 9.17) is 0 Å². The second-order valence-corrected chi connectivity index (χ2v) is 5.45. The normalized spacial score (nSPS) is 10.6. The minimum atomic E-state index is 0.309. The fourth-order valence-electron chi connectivity index (χ4n) is 1.91. The number of phenolic OH excluding ortho intramolecular Hbond substituents is 1. The van der Waals surface area contributed by atoms with E-state index >= 15 is 0 Å². The van der Waals surface area contributed by atoms with Crippen LogP contribution in [0.25, 0.3) is 5.69 Å². The van der Waals surface area contributed by atoms with E-state index < -0.39 is 0 Å². The van der Waals surface area contributed by atoms with Gasteiger partial charge in [-0.15, -0.1) is 11.8 Å². The van der Waals surface area contributed by atoms with Crippen molar-refractivity contribution in [3.8, 4) is 11.4 Å². The van der Waals surface area contributed by atoms with Crippen LogP contribution in [0.5, 0.6) is 5.75 Å². The number of nitrogens with zero attached hydrogens (tertiary/aromatic N) is 2. The monoisotopic (exact) mass is 282 g/mol. The molecule has 0 aliphatic heterocycles. The summed E-state index contributed by atoms with van der Waals surface area (Å²) in [6.45, 7) is 0. The average molecular weight is 282 g/mol. The Hall–Kier alpha value is -2.20. The van der Waals surface area contributed by atoms with E-state index in [9.17, 15) is 5.11 Å². The van der Waals surface area contributed by atoms with Crippen molar-refractivity contribution in [2.45, 2.75) is 10.6 Å². The third-order valence-corrected chi connectivity index (χ3v) is 3.99. The maximum absolute atomic E-state index is 9.43. The maximum Gasteiger partial charge on any atom is 0.116 e. The van der Waals surface area contributed by atoms with Gasteiger partial charge in [-0.3, -0.25) is 0 Å². The van der Waals surface area contributed by atoms with Crippen LogP contribution >= 0.6 is 11.8 Å². The Kier molecular flexibility index (Phi) is 3.74. The zero-order chi connectivity index (χ0) is 13.8. The lowest BCUT2D eigenvalue weighted by Crippen LogP contribution is -1.93. The highest BCUT2D eigenvalue weighted by molar-refractivity contribution is 7.98. The van der Waals surface area contributed by atoms with Crippen molar-refractivity contribution in [1.29, 1.82) is 0 Å². The van der Waals surface area contributed by atoms with Crippen LogP contribution in [-0.2, 0) is 5.75 Å². The van der Waals surface area contributed by atoms with Crippen molar-refractivity contribution >= 4 is 11.8 Å². The second-order valence-electron chi connectivity index (χ2n) is 4.40. The number of thioether (sulfide) groups is 1. The molecule has 1 aromatic heterocycles. The van der Waals surface area contributed by atoms with E-state index in [2.05, 4.69) is 29.4 Å². The molecule has 0 bridgehead atoms. The molecule has 0 unspecified atom stereocenters. The molecule has 0 aliphatic carbocycles. The molecule has 1 heterocycles. The van der Waals surface area contributed by atoms with Crippen LogP contribution in [0.15, 0.2) is 71.9 Å². The zero-order valence-corrected chi connectivity index (χ0v) is 11.6. The van der Waals surface area contributed by atoms with Crippen molar-refractivity contribution in [1.82, 2.24) is 9.78 Å². The number of aromatic hydroxyl groups is 1. The fourth-order valence-corrected chi connectivity index (χ4v) is 2.81. The number of hydrogen-bond acceptors (Lipinski definition) is 3. The van der Waals surface area contributed by atoms with Crippen LogP contribution < -0.4 is 0 Å². The smallest absolute Gasteiger partial charge is 0.116 e. The molecule has 0 radical (unpaired) electrons. The van der Waals surface area contributed by atoms with Crippen LogP contribution in [0.4, 0.5) is 0 Å². The van der Waals surface area contributed by atoms with Crippen molar-refractivity contribution < 1.29 is 5.11 Å². The van der Waals surface area contributed by atoms with Gasteiger partial charge in [0.05, 0.1) is 5.69 Å². The van der Waals surface area contributed by atoms with Gasteiger partial charge in [-0.1, -0.05) is 18.2 Å². The first-order valence-electron chi connectivity index (χ1n) is 6.32. The fraction of sp³-hybridized carbons (Fsp3) is 0.0625. The van der Waals surface area contributed by atoms with Crippen molar-refractivity contribution in [2.75, 3.05) is 0 Å². The molecule has 0 saturated heterocycles. The van der Waals surface area contributed by atoms with Gasteiger partial charge in [0.1, 0.15) is 5.75 Å². The zero-order valence-electron chi connectivity index (χ0n) is 10.8. The molecule has 3 nitrogen and oxygen atoms in total. The Bertz CT molecular complexity index is 678. The van der Waals surface area contributed by atoms with Crippen molar-refractivity contribution in [2.24, 2.45) is 0 Å². The summed E-state index contributed by atoms with van der Waals surface area (Å²) in [5.74, 6) is 1.19. The summed E-state index contributed by atoms with van der Waals surface area (Å²) in [7, 11) is 0. The number of aromatic nitrogens is 2. The predicted octanol–water partition coefficient (Wildman–Crippen LogP) is 3.87. The minimum absolute atomic E-state index is 0.309. The summed E-state index contributed by atoms with van der Waals surface area (Å²) >= 11 is 1.71. The molecule has 0 saturated carbocycles. The first-order chi connectivity index (χ1) is 9.81. The largest absolute Gasteiger partial charge is 0.508 e. The highest BCUT2D eigenvalue weighted by Gasteiger charge is 1.99. The first kappa shape index (κ1) is 12.8. The molecule has 0 aliphatic rings. The molecular formula is C16H14N2OS. The van der Waals surface area contributed by atoms with Crippen molar-refractivity contribution in [3.05, 3.63) is 72.6 Å². The van der Waals surface area contributed by atoms with Gasteiger partial charge in [0.25, 0.3) is 0 Å². The molecule has 0 fully saturated rings. The van der Waals surface area contributed by atoms with Gasteiger partial charge in [0.2, 0.25) is 0 Å². The predicted molar refractivity (Wildman–Crippen MR) is 81.2 cm³/mol. The summed E-state index contributed by atoms with van der Waals surface area (Å²) in [5, 5.41) is 13.6. The molecule has 1 N–H and O–H groups in total. The van der Waals surface area contributed by atoms with Crippen LogP contribution in [-0.4, -0.2) is 14.9 Å². The number of rotatable bonds is 4. The third-order valence-electron chi connectivity index (χ3n) is 2.93. The van der Waals surface area contributed by atoms with Gasteiger partial charge in [-0.05, 0) is 42.0 Å². The Morgan fingerprint density at radius 2 is 1.90 bits per heavy atom.